The minimum atomic E-state index is -4.49. The van der Waals surface area contributed by atoms with Crippen molar-refractivity contribution in [2.24, 2.45) is 5.73 Å². The van der Waals surface area contributed by atoms with Gasteiger partial charge in [-0.2, -0.15) is 18.2 Å². The minimum Gasteiger partial charge on any atom is -0.481 e. The standard InChI is InChI=1S/C23H24ClF3N4O2.C4H7NO4/c24-17-4-3-5-18(21(17)23(25,26)27)31-13-11-30(12-14-31)10-1-2-15-33-20-9-7-16-6-8-19(32)28-22(16)29-20;5-2(4(8)9)1-3(6)7/h3-9H,1-2,10-15H2,(H,28,29,32);2H,1,5H2,(H,6,7)(H,8,9)/t;2-/m.0/s1. The number of piperazine rings is 1. The van der Waals surface area contributed by atoms with Gasteiger partial charge >= 0.3 is 18.1 Å². The average molecular weight is 614 g/mol. The van der Waals surface area contributed by atoms with Gasteiger partial charge in [0.2, 0.25) is 11.4 Å². The maximum Gasteiger partial charge on any atom is 0.419 e. The van der Waals surface area contributed by atoms with Crippen LogP contribution in [0, 0.1) is 0 Å². The summed E-state index contributed by atoms with van der Waals surface area (Å²) in [6, 6.07) is 9.80. The SMILES string of the molecule is N[C@@H](CC(=O)O)C(=O)O.O=c1ccc2ccc(OCCCCN3CCN(c4cccc(Cl)c4C(F)(F)F)CC3)nc2[nH]1. The third-order valence-corrected chi connectivity index (χ3v) is 6.69. The van der Waals surface area contributed by atoms with Gasteiger partial charge in [0.15, 0.2) is 0 Å². The summed E-state index contributed by atoms with van der Waals surface area (Å²) >= 11 is 5.85. The number of pyridine rings is 2. The van der Waals surface area contributed by atoms with Gasteiger partial charge < -0.3 is 30.6 Å². The van der Waals surface area contributed by atoms with E-state index in [0.29, 0.717) is 44.3 Å². The number of nitrogens with zero attached hydrogens (tertiary/aromatic N) is 3. The number of nitrogens with two attached hydrogens (primary N) is 1. The lowest BCUT2D eigenvalue weighted by Gasteiger charge is -2.37. The van der Waals surface area contributed by atoms with Gasteiger partial charge in [-0.1, -0.05) is 17.7 Å². The zero-order valence-electron chi connectivity index (χ0n) is 22.4. The van der Waals surface area contributed by atoms with E-state index in [-0.39, 0.29) is 16.3 Å². The first-order valence-electron chi connectivity index (χ1n) is 13.0. The number of carboxylic acids is 2. The first-order valence-corrected chi connectivity index (χ1v) is 13.4. The lowest BCUT2D eigenvalue weighted by Crippen LogP contribution is -2.47. The number of nitrogens with one attached hydrogen (secondary N) is 1. The molecule has 3 aromatic rings. The molecule has 0 saturated carbocycles. The molecule has 1 aliphatic heterocycles. The lowest BCUT2D eigenvalue weighted by atomic mass is 10.1. The molecule has 0 radical (unpaired) electrons. The highest BCUT2D eigenvalue weighted by Gasteiger charge is 2.37. The van der Waals surface area contributed by atoms with Gasteiger partial charge in [-0.25, -0.2) is 0 Å². The summed E-state index contributed by atoms with van der Waals surface area (Å²) in [7, 11) is 0. The van der Waals surface area contributed by atoms with Crippen LogP contribution in [0.3, 0.4) is 0 Å². The molecule has 0 unspecified atom stereocenters. The number of alkyl halides is 3. The Kier molecular flexibility index (Phi) is 11.5. The average Bonchev–Trinajstić information content (AvgIpc) is 2.92. The molecule has 0 spiro atoms. The number of carboxylic acid groups (broad SMARTS) is 2. The van der Waals surface area contributed by atoms with Gasteiger partial charge in [0.1, 0.15) is 11.7 Å². The summed E-state index contributed by atoms with van der Waals surface area (Å²) in [5.74, 6) is -2.04. The quantitative estimate of drug-likeness (QED) is 0.249. The fraction of sp³-hybridized carbons (Fsp3) is 0.407. The van der Waals surface area contributed by atoms with E-state index in [9.17, 15) is 27.6 Å². The van der Waals surface area contributed by atoms with Gasteiger partial charge in [0.05, 0.1) is 29.3 Å². The number of hydrogen-bond acceptors (Lipinski definition) is 8. The number of aromatic nitrogens is 2. The summed E-state index contributed by atoms with van der Waals surface area (Å²) < 4.78 is 46.0. The highest BCUT2D eigenvalue weighted by Crippen LogP contribution is 2.41. The Bertz CT molecular complexity index is 1430. The highest BCUT2D eigenvalue weighted by molar-refractivity contribution is 6.31. The number of carbonyl (C=O) groups is 2. The third-order valence-electron chi connectivity index (χ3n) is 6.38. The largest absolute Gasteiger partial charge is 0.481 e. The Morgan fingerprint density at radius 1 is 1.07 bits per heavy atom. The number of H-pyrrole nitrogens is 1. The van der Waals surface area contributed by atoms with Crippen LogP contribution < -0.4 is 20.9 Å². The molecule has 3 heterocycles. The highest BCUT2D eigenvalue weighted by atomic mass is 35.5. The van der Waals surface area contributed by atoms with Crippen LogP contribution in [0.15, 0.2) is 47.3 Å². The molecule has 5 N–H and O–H groups in total. The number of rotatable bonds is 10. The lowest BCUT2D eigenvalue weighted by molar-refractivity contribution is -0.144. The smallest absolute Gasteiger partial charge is 0.419 e. The van der Waals surface area contributed by atoms with Gasteiger partial charge in [0.25, 0.3) is 0 Å². The number of ether oxygens (including phenoxy) is 1. The molecule has 1 saturated heterocycles. The number of benzene rings is 1. The van der Waals surface area contributed by atoms with E-state index >= 15 is 0 Å². The van der Waals surface area contributed by atoms with Gasteiger partial charge in [-0.05, 0) is 43.7 Å². The van der Waals surface area contributed by atoms with E-state index in [1.165, 1.54) is 18.2 Å². The van der Waals surface area contributed by atoms with E-state index in [2.05, 4.69) is 14.9 Å². The Hall–Kier alpha value is -3.88. The molecule has 1 atom stereocenters. The van der Waals surface area contributed by atoms with Crippen molar-refractivity contribution in [3.63, 3.8) is 0 Å². The zero-order valence-corrected chi connectivity index (χ0v) is 23.2. The molecular weight excluding hydrogens is 583 g/mol. The molecule has 1 aliphatic rings. The number of anilines is 1. The Morgan fingerprint density at radius 2 is 1.76 bits per heavy atom. The second-order valence-electron chi connectivity index (χ2n) is 9.47. The fourth-order valence-electron chi connectivity index (χ4n) is 4.25. The summed E-state index contributed by atoms with van der Waals surface area (Å²) in [5.41, 5.74) is 4.50. The maximum atomic E-state index is 13.4. The topological polar surface area (TPSA) is 162 Å². The van der Waals surface area contributed by atoms with E-state index in [1.54, 1.807) is 23.1 Å². The minimum absolute atomic E-state index is 0.146. The van der Waals surface area contributed by atoms with Gasteiger partial charge in [-0.15, -0.1) is 0 Å². The summed E-state index contributed by atoms with van der Waals surface area (Å²) in [5, 5.41) is 16.6. The molecule has 11 nitrogen and oxygen atoms in total. The molecule has 0 aliphatic carbocycles. The van der Waals surface area contributed by atoms with Crippen LogP contribution in [-0.4, -0.2) is 82.4 Å². The molecule has 228 valence electrons. The molecule has 42 heavy (non-hydrogen) atoms. The van der Waals surface area contributed by atoms with Crippen molar-refractivity contribution in [2.75, 3.05) is 44.2 Å². The van der Waals surface area contributed by atoms with Crippen LogP contribution in [-0.2, 0) is 15.8 Å². The number of halogens is 4. The summed E-state index contributed by atoms with van der Waals surface area (Å²) in [6.07, 6.45) is -3.30. The predicted molar refractivity (Wildman–Crippen MR) is 150 cm³/mol. The van der Waals surface area contributed by atoms with Crippen molar-refractivity contribution in [2.45, 2.75) is 31.5 Å². The number of unbranched alkanes of at least 4 members (excludes halogenated alkanes) is 1. The van der Waals surface area contributed by atoms with Gasteiger partial charge in [-0.3, -0.25) is 19.3 Å². The van der Waals surface area contributed by atoms with Crippen molar-refractivity contribution < 1.29 is 37.7 Å². The molecule has 1 aromatic carbocycles. The number of hydrogen-bond donors (Lipinski definition) is 4. The van der Waals surface area contributed by atoms with E-state index < -0.39 is 36.1 Å². The summed E-state index contributed by atoms with van der Waals surface area (Å²) in [6.45, 7) is 3.73. The normalized spacial score (nSPS) is 14.6. The van der Waals surface area contributed by atoms with Crippen LogP contribution >= 0.6 is 11.6 Å². The first-order chi connectivity index (χ1) is 19.8. The Labute approximate surface area is 243 Å². The molecule has 2 aromatic heterocycles. The molecule has 15 heteroatoms. The van der Waals surface area contributed by atoms with Crippen LogP contribution in [0.2, 0.25) is 5.02 Å². The maximum absolute atomic E-state index is 13.4. The van der Waals surface area contributed by atoms with E-state index in [0.717, 1.165) is 24.8 Å². The number of fused-ring (bicyclic) bond motifs is 1. The van der Waals surface area contributed by atoms with Crippen LogP contribution in [0.5, 0.6) is 5.88 Å². The zero-order chi connectivity index (χ0) is 30.9. The number of aliphatic carboxylic acids is 2. The number of aromatic amines is 1. The van der Waals surface area contributed by atoms with Crippen molar-refractivity contribution >= 4 is 40.3 Å². The van der Waals surface area contributed by atoms with E-state index in [1.807, 2.05) is 6.07 Å². The van der Waals surface area contributed by atoms with Crippen molar-refractivity contribution in [3.8, 4) is 5.88 Å². The Morgan fingerprint density at radius 3 is 2.38 bits per heavy atom. The first kappa shape index (κ1) is 32.6. The third kappa shape index (κ3) is 9.60. The predicted octanol–water partition coefficient (Wildman–Crippen LogP) is 3.45. The second-order valence-corrected chi connectivity index (χ2v) is 9.88. The van der Waals surface area contributed by atoms with Crippen molar-refractivity contribution in [3.05, 3.63) is 63.4 Å². The van der Waals surface area contributed by atoms with Crippen molar-refractivity contribution in [1.29, 1.82) is 0 Å². The van der Waals surface area contributed by atoms with Crippen molar-refractivity contribution in [1.82, 2.24) is 14.9 Å². The Balaban J connectivity index is 0.000000467. The van der Waals surface area contributed by atoms with Gasteiger partial charge in [0, 0.05) is 43.7 Å². The molecule has 4 rings (SSSR count). The fourth-order valence-corrected chi connectivity index (χ4v) is 4.53. The monoisotopic (exact) mass is 613 g/mol. The second kappa shape index (κ2) is 14.8. The molecule has 0 bridgehead atoms. The van der Waals surface area contributed by atoms with Crippen LogP contribution in [0.25, 0.3) is 11.0 Å². The molecule has 0 amide bonds. The molecule has 1 fully saturated rings. The molecular formula is C27H31ClF3N5O6. The van der Waals surface area contributed by atoms with E-state index in [4.69, 9.17) is 32.3 Å². The van der Waals surface area contributed by atoms with Crippen LogP contribution in [0.1, 0.15) is 24.8 Å². The summed E-state index contributed by atoms with van der Waals surface area (Å²) in [4.78, 5) is 42.0. The van der Waals surface area contributed by atoms with Crippen LogP contribution in [0.4, 0.5) is 18.9 Å².